The van der Waals surface area contributed by atoms with E-state index >= 15 is 0 Å². The van der Waals surface area contributed by atoms with Crippen molar-refractivity contribution in [2.75, 3.05) is 26.2 Å². The average molecular weight is 230 g/mol. The predicted molar refractivity (Wildman–Crippen MR) is 56.1 cm³/mol. The first-order chi connectivity index (χ1) is 6.77. The van der Waals surface area contributed by atoms with Gasteiger partial charge in [-0.3, -0.25) is 9.89 Å². The molecule has 14 heavy (non-hydrogen) atoms. The van der Waals surface area contributed by atoms with Crippen LogP contribution >= 0.6 is 23.6 Å². The molecule has 1 aromatic rings. The third-order valence-electron chi connectivity index (χ3n) is 2.03. The first kappa shape index (κ1) is 9.75. The predicted octanol–water partition coefficient (Wildman–Crippen LogP) is 0.246. The standard InChI is InChI=1S/C7H10N4OS2/c12-6(5-9-10-7(13)14-5)11-3-1-8-2-4-11/h8H,1-4H2,(H,10,13). The third-order valence-corrected chi connectivity index (χ3v) is 3.10. The van der Waals surface area contributed by atoms with Crippen LogP contribution in [0.15, 0.2) is 0 Å². The van der Waals surface area contributed by atoms with Gasteiger partial charge < -0.3 is 10.2 Å². The van der Waals surface area contributed by atoms with Gasteiger partial charge >= 0.3 is 0 Å². The van der Waals surface area contributed by atoms with E-state index in [1.54, 1.807) is 4.90 Å². The minimum absolute atomic E-state index is 0.0242. The third kappa shape index (κ3) is 1.99. The molecule has 7 heteroatoms. The molecule has 1 fully saturated rings. The molecule has 0 radical (unpaired) electrons. The SMILES string of the molecule is O=C(c1n[nH]c(=S)s1)N1CCNCC1. The number of carbonyl (C=O) groups is 1. The van der Waals surface area contributed by atoms with Crippen molar-refractivity contribution in [2.45, 2.75) is 0 Å². The van der Waals surface area contributed by atoms with Crippen molar-refractivity contribution in [1.29, 1.82) is 0 Å². The maximum absolute atomic E-state index is 11.8. The molecular formula is C7H10N4OS2. The van der Waals surface area contributed by atoms with Crippen LogP contribution < -0.4 is 5.32 Å². The van der Waals surface area contributed by atoms with E-state index in [9.17, 15) is 4.79 Å². The van der Waals surface area contributed by atoms with Gasteiger partial charge in [-0.2, -0.15) is 5.10 Å². The van der Waals surface area contributed by atoms with Crippen LogP contribution in [-0.2, 0) is 0 Å². The quantitative estimate of drug-likeness (QED) is 0.679. The van der Waals surface area contributed by atoms with Gasteiger partial charge in [-0.25, -0.2) is 0 Å². The van der Waals surface area contributed by atoms with Crippen molar-refractivity contribution in [1.82, 2.24) is 20.4 Å². The molecule has 5 nitrogen and oxygen atoms in total. The minimum atomic E-state index is -0.0242. The normalized spacial score (nSPS) is 17.0. The van der Waals surface area contributed by atoms with Crippen molar-refractivity contribution in [2.24, 2.45) is 0 Å². The summed E-state index contributed by atoms with van der Waals surface area (Å²) in [6, 6.07) is 0. The van der Waals surface area contributed by atoms with Gasteiger partial charge in [0.1, 0.15) is 0 Å². The maximum atomic E-state index is 11.8. The molecule has 1 saturated heterocycles. The van der Waals surface area contributed by atoms with Crippen molar-refractivity contribution in [3.8, 4) is 0 Å². The fourth-order valence-electron chi connectivity index (χ4n) is 1.32. The Bertz CT molecular complexity index is 379. The number of amides is 1. The van der Waals surface area contributed by atoms with Crippen LogP contribution in [0, 0.1) is 3.95 Å². The van der Waals surface area contributed by atoms with Gasteiger partial charge in [0.2, 0.25) is 5.01 Å². The number of carbonyl (C=O) groups excluding carboxylic acids is 1. The Morgan fingerprint density at radius 1 is 1.50 bits per heavy atom. The van der Waals surface area contributed by atoms with Crippen LogP contribution in [0.25, 0.3) is 0 Å². The summed E-state index contributed by atoms with van der Waals surface area (Å²) in [5.74, 6) is -0.0242. The number of hydrogen-bond acceptors (Lipinski definition) is 5. The second-order valence-corrected chi connectivity index (χ2v) is 4.63. The Morgan fingerprint density at radius 2 is 2.21 bits per heavy atom. The molecule has 76 valence electrons. The number of nitrogens with zero attached hydrogens (tertiary/aromatic N) is 2. The lowest BCUT2D eigenvalue weighted by atomic mass is 10.3. The topological polar surface area (TPSA) is 61.0 Å². The van der Waals surface area contributed by atoms with Crippen LogP contribution in [-0.4, -0.2) is 47.2 Å². The maximum Gasteiger partial charge on any atom is 0.284 e. The molecule has 0 saturated carbocycles. The van der Waals surface area contributed by atoms with Crippen LogP contribution in [0.4, 0.5) is 0 Å². The van der Waals surface area contributed by atoms with E-state index in [1.807, 2.05) is 0 Å². The molecule has 0 unspecified atom stereocenters. The molecular weight excluding hydrogens is 220 g/mol. The summed E-state index contributed by atoms with van der Waals surface area (Å²) in [5, 5.41) is 10.1. The number of hydrogen-bond donors (Lipinski definition) is 2. The largest absolute Gasteiger partial charge is 0.334 e. The number of nitrogens with one attached hydrogen (secondary N) is 2. The second kappa shape index (κ2) is 4.16. The first-order valence-corrected chi connectivity index (χ1v) is 5.55. The molecule has 0 bridgehead atoms. The van der Waals surface area contributed by atoms with E-state index in [0.717, 1.165) is 26.2 Å². The second-order valence-electron chi connectivity index (χ2n) is 2.96. The van der Waals surface area contributed by atoms with E-state index in [2.05, 4.69) is 15.5 Å². The van der Waals surface area contributed by atoms with Crippen LogP contribution in [0.2, 0.25) is 0 Å². The highest BCUT2D eigenvalue weighted by atomic mass is 32.1. The Balaban J connectivity index is 2.10. The molecule has 0 aliphatic carbocycles. The summed E-state index contributed by atoms with van der Waals surface area (Å²) in [7, 11) is 0. The van der Waals surface area contributed by atoms with Gasteiger partial charge in [0.05, 0.1) is 0 Å². The molecule has 0 aromatic carbocycles. The summed E-state index contributed by atoms with van der Waals surface area (Å²) >= 11 is 6.10. The molecule has 2 rings (SSSR count). The molecule has 1 amide bonds. The van der Waals surface area contributed by atoms with Gasteiger partial charge in [0.25, 0.3) is 5.91 Å². The van der Waals surface area contributed by atoms with Gasteiger partial charge in [0, 0.05) is 26.2 Å². The van der Waals surface area contributed by atoms with Crippen molar-refractivity contribution < 1.29 is 4.79 Å². The average Bonchev–Trinajstić information content (AvgIpc) is 2.65. The lowest BCUT2D eigenvalue weighted by Gasteiger charge is -2.26. The highest BCUT2D eigenvalue weighted by Crippen LogP contribution is 2.08. The van der Waals surface area contributed by atoms with Gasteiger partial charge in [0.15, 0.2) is 3.95 Å². The van der Waals surface area contributed by atoms with Crippen LogP contribution in [0.1, 0.15) is 9.80 Å². The molecule has 0 spiro atoms. The molecule has 1 aromatic heterocycles. The van der Waals surface area contributed by atoms with Crippen molar-refractivity contribution in [3.05, 3.63) is 8.96 Å². The van der Waals surface area contributed by atoms with E-state index < -0.39 is 0 Å². The summed E-state index contributed by atoms with van der Waals surface area (Å²) in [5.41, 5.74) is 0. The monoisotopic (exact) mass is 230 g/mol. The summed E-state index contributed by atoms with van der Waals surface area (Å²) in [4.78, 5) is 13.6. The summed E-state index contributed by atoms with van der Waals surface area (Å²) < 4.78 is 0.545. The Kier molecular flexibility index (Phi) is 2.90. The molecule has 2 heterocycles. The zero-order valence-corrected chi connectivity index (χ0v) is 9.08. The van der Waals surface area contributed by atoms with Crippen LogP contribution in [0.5, 0.6) is 0 Å². The van der Waals surface area contributed by atoms with Crippen LogP contribution in [0.3, 0.4) is 0 Å². The van der Waals surface area contributed by atoms with Gasteiger partial charge in [-0.05, 0) is 12.2 Å². The minimum Gasteiger partial charge on any atom is -0.334 e. The zero-order chi connectivity index (χ0) is 9.97. The highest BCUT2D eigenvalue weighted by Gasteiger charge is 2.20. The van der Waals surface area contributed by atoms with Crippen molar-refractivity contribution >= 4 is 29.5 Å². The fraction of sp³-hybridized carbons (Fsp3) is 0.571. The Hall–Kier alpha value is -0.790. The Morgan fingerprint density at radius 3 is 2.79 bits per heavy atom. The van der Waals surface area contributed by atoms with E-state index in [4.69, 9.17) is 12.2 Å². The molecule has 2 N–H and O–H groups in total. The number of aromatic amines is 1. The zero-order valence-electron chi connectivity index (χ0n) is 7.45. The number of piperazine rings is 1. The highest BCUT2D eigenvalue weighted by molar-refractivity contribution is 7.73. The van der Waals surface area contributed by atoms with E-state index in [1.165, 1.54) is 11.3 Å². The van der Waals surface area contributed by atoms with Crippen molar-refractivity contribution in [3.63, 3.8) is 0 Å². The molecule has 0 atom stereocenters. The van der Waals surface area contributed by atoms with E-state index in [-0.39, 0.29) is 5.91 Å². The lowest BCUT2D eigenvalue weighted by Crippen LogP contribution is -2.46. The number of rotatable bonds is 1. The summed E-state index contributed by atoms with van der Waals surface area (Å²) in [6.07, 6.45) is 0. The fourth-order valence-corrected chi connectivity index (χ4v) is 2.18. The molecule has 1 aliphatic rings. The molecule has 1 aliphatic heterocycles. The van der Waals surface area contributed by atoms with E-state index in [0.29, 0.717) is 8.96 Å². The smallest absolute Gasteiger partial charge is 0.284 e. The Labute approximate surface area is 90.1 Å². The van der Waals surface area contributed by atoms with Gasteiger partial charge in [-0.1, -0.05) is 11.3 Å². The first-order valence-electron chi connectivity index (χ1n) is 4.33. The van der Waals surface area contributed by atoms with Gasteiger partial charge in [-0.15, -0.1) is 0 Å². The number of aromatic nitrogens is 2. The number of H-pyrrole nitrogens is 1. The summed E-state index contributed by atoms with van der Waals surface area (Å²) in [6.45, 7) is 3.18. The lowest BCUT2D eigenvalue weighted by molar-refractivity contribution is 0.0734.